The molecule has 6 nitrogen and oxygen atoms in total. The van der Waals surface area contributed by atoms with Gasteiger partial charge in [0.15, 0.2) is 4.80 Å². The summed E-state index contributed by atoms with van der Waals surface area (Å²) >= 11 is 1.39. The summed E-state index contributed by atoms with van der Waals surface area (Å²) in [6.07, 6.45) is 0.251. The highest BCUT2D eigenvalue weighted by Crippen LogP contribution is 2.20. The Hall–Kier alpha value is -2.77. The van der Waals surface area contributed by atoms with Gasteiger partial charge < -0.3 is 14.0 Å². The number of amides is 1. The number of fused-ring (bicyclic) bond motifs is 1. The Balaban J connectivity index is 1.99. The Labute approximate surface area is 186 Å². The molecule has 0 unspecified atom stereocenters. The Morgan fingerprint density at radius 1 is 1.06 bits per heavy atom. The van der Waals surface area contributed by atoms with Crippen molar-refractivity contribution in [3.63, 3.8) is 0 Å². The molecule has 0 aliphatic carbocycles. The van der Waals surface area contributed by atoms with Crippen molar-refractivity contribution in [3.05, 3.63) is 63.5 Å². The molecule has 3 aromatic rings. The average Bonchev–Trinajstić information content (AvgIpc) is 3.07. The maximum Gasteiger partial charge on any atom is 0.338 e. The molecule has 31 heavy (non-hydrogen) atoms. The first-order valence-electron chi connectivity index (χ1n) is 10.4. The second-order valence-electron chi connectivity index (χ2n) is 7.25. The van der Waals surface area contributed by atoms with E-state index in [4.69, 9.17) is 9.47 Å². The minimum Gasteiger partial charge on any atom is -0.462 e. The molecule has 3 rings (SSSR count). The molecule has 164 valence electrons. The first-order chi connectivity index (χ1) is 14.9. The molecule has 2 aromatic carbocycles. The van der Waals surface area contributed by atoms with Crippen LogP contribution in [0.4, 0.5) is 0 Å². The topological polar surface area (TPSA) is 69.9 Å². The maximum absolute atomic E-state index is 12.8. The van der Waals surface area contributed by atoms with E-state index in [1.54, 1.807) is 19.1 Å². The fourth-order valence-electron chi connectivity index (χ4n) is 3.32. The number of ether oxygens (including phenoxy) is 2. The van der Waals surface area contributed by atoms with E-state index < -0.39 is 0 Å². The van der Waals surface area contributed by atoms with Crippen LogP contribution in [0.5, 0.6) is 0 Å². The molecule has 0 aliphatic rings. The van der Waals surface area contributed by atoms with Crippen LogP contribution < -0.4 is 4.80 Å². The summed E-state index contributed by atoms with van der Waals surface area (Å²) in [5, 5.41) is 0. The van der Waals surface area contributed by atoms with Crippen LogP contribution in [0, 0.1) is 13.8 Å². The number of nitrogens with zero attached hydrogens (tertiary/aromatic N) is 2. The van der Waals surface area contributed by atoms with E-state index in [1.807, 2.05) is 49.6 Å². The van der Waals surface area contributed by atoms with Gasteiger partial charge in [0.1, 0.15) is 0 Å². The van der Waals surface area contributed by atoms with E-state index in [0.717, 1.165) is 26.9 Å². The van der Waals surface area contributed by atoms with Crippen molar-refractivity contribution in [1.82, 2.24) is 4.57 Å². The molecular weight excluding hydrogens is 412 g/mol. The highest BCUT2D eigenvalue weighted by atomic mass is 32.1. The lowest BCUT2D eigenvalue weighted by Crippen LogP contribution is -2.20. The molecule has 0 N–H and O–H groups in total. The second kappa shape index (κ2) is 10.5. The van der Waals surface area contributed by atoms with Gasteiger partial charge in [-0.2, -0.15) is 4.99 Å². The molecule has 0 aliphatic heterocycles. The molecule has 0 spiro atoms. The van der Waals surface area contributed by atoms with Crippen molar-refractivity contribution in [2.45, 2.75) is 40.7 Å². The Kier molecular flexibility index (Phi) is 7.76. The minimum absolute atomic E-state index is 0.198. The third-order valence-corrected chi connectivity index (χ3v) is 5.97. The van der Waals surface area contributed by atoms with Crippen LogP contribution in [-0.4, -0.2) is 36.3 Å². The predicted molar refractivity (Wildman–Crippen MR) is 122 cm³/mol. The number of rotatable bonds is 8. The summed E-state index contributed by atoms with van der Waals surface area (Å²) in [7, 11) is 0. The van der Waals surface area contributed by atoms with E-state index in [2.05, 4.69) is 4.99 Å². The normalized spacial score (nSPS) is 11.8. The fraction of sp³-hybridized carbons (Fsp3) is 0.375. The maximum atomic E-state index is 12.8. The van der Waals surface area contributed by atoms with Crippen LogP contribution in [0.25, 0.3) is 10.2 Å². The molecule has 0 fully saturated rings. The van der Waals surface area contributed by atoms with Gasteiger partial charge in [-0.15, -0.1) is 0 Å². The van der Waals surface area contributed by atoms with Gasteiger partial charge in [-0.05, 0) is 57.0 Å². The summed E-state index contributed by atoms with van der Waals surface area (Å²) in [6, 6.07) is 11.5. The van der Waals surface area contributed by atoms with Crippen LogP contribution in [0.2, 0.25) is 0 Å². The molecule has 7 heteroatoms. The van der Waals surface area contributed by atoms with Crippen molar-refractivity contribution < 1.29 is 19.1 Å². The molecule has 0 atom stereocenters. The van der Waals surface area contributed by atoms with Gasteiger partial charge in [0.05, 0.1) is 35.4 Å². The van der Waals surface area contributed by atoms with Crippen molar-refractivity contribution >= 4 is 33.4 Å². The zero-order valence-corrected chi connectivity index (χ0v) is 19.3. The first kappa shape index (κ1) is 22.9. The van der Waals surface area contributed by atoms with Crippen LogP contribution in [0.3, 0.4) is 0 Å². The summed E-state index contributed by atoms with van der Waals surface area (Å²) in [5.74, 6) is -0.556. The van der Waals surface area contributed by atoms with Gasteiger partial charge in [-0.1, -0.05) is 35.1 Å². The Morgan fingerprint density at radius 3 is 2.61 bits per heavy atom. The van der Waals surface area contributed by atoms with Gasteiger partial charge in [0.25, 0.3) is 5.91 Å². The number of esters is 1. The Morgan fingerprint density at radius 2 is 1.87 bits per heavy atom. The van der Waals surface area contributed by atoms with Gasteiger partial charge in [-0.25, -0.2) is 4.79 Å². The summed E-state index contributed by atoms with van der Waals surface area (Å²) in [4.78, 5) is 29.9. The van der Waals surface area contributed by atoms with Crippen LogP contribution in [-0.2, 0) is 27.2 Å². The summed E-state index contributed by atoms with van der Waals surface area (Å²) in [5.41, 5.74) is 4.58. The van der Waals surface area contributed by atoms with Gasteiger partial charge in [0.2, 0.25) is 0 Å². The molecule has 0 bridgehead atoms. The number of hydrogen-bond acceptors (Lipinski definition) is 5. The van der Waals surface area contributed by atoms with Gasteiger partial charge in [0, 0.05) is 13.2 Å². The van der Waals surface area contributed by atoms with E-state index >= 15 is 0 Å². The van der Waals surface area contributed by atoms with Crippen molar-refractivity contribution in [3.8, 4) is 0 Å². The van der Waals surface area contributed by atoms with Crippen LogP contribution >= 0.6 is 11.3 Å². The number of thiazole rings is 1. The lowest BCUT2D eigenvalue weighted by atomic mass is 10.0. The van der Waals surface area contributed by atoms with Gasteiger partial charge in [-0.3, -0.25) is 4.79 Å². The Bertz CT molecular complexity index is 1160. The number of aromatic nitrogens is 1. The zero-order chi connectivity index (χ0) is 22.4. The third kappa shape index (κ3) is 5.68. The highest BCUT2D eigenvalue weighted by molar-refractivity contribution is 7.16. The molecule has 0 saturated heterocycles. The standard InChI is InChI=1S/C24H28N2O4S/c1-5-29-12-11-26-20-10-9-18(23(28)30-6-2)14-21(20)31-24(26)25-22(27)15-19-13-16(3)7-8-17(19)4/h7-10,13-14H,5-6,11-12,15H2,1-4H3. The van der Waals surface area contributed by atoms with E-state index in [0.29, 0.717) is 36.7 Å². The molecule has 0 saturated carbocycles. The number of carbonyl (C=O) groups is 2. The fourth-order valence-corrected chi connectivity index (χ4v) is 4.43. The van der Waals surface area contributed by atoms with E-state index in [1.165, 1.54) is 11.3 Å². The van der Waals surface area contributed by atoms with E-state index in [9.17, 15) is 9.59 Å². The molecule has 1 aromatic heterocycles. The highest BCUT2D eigenvalue weighted by Gasteiger charge is 2.13. The monoisotopic (exact) mass is 440 g/mol. The summed E-state index contributed by atoms with van der Waals surface area (Å²) < 4.78 is 13.5. The van der Waals surface area contributed by atoms with Crippen molar-refractivity contribution in [2.24, 2.45) is 4.99 Å². The SMILES string of the molecule is CCOCCn1c(=NC(=O)Cc2cc(C)ccc2C)sc2cc(C(=O)OCC)ccc21. The average molecular weight is 441 g/mol. The minimum atomic E-state index is -0.358. The lowest BCUT2D eigenvalue weighted by molar-refractivity contribution is -0.117. The molecule has 0 radical (unpaired) electrons. The number of hydrogen-bond donors (Lipinski definition) is 0. The molecular formula is C24H28N2O4S. The molecule has 1 heterocycles. The van der Waals surface area contributed by atoms with Crippen LogP contribution in [0.1, 0.15) is 40.9 Å². The second-order valence-corrected chi connectivity index (χ2v) is 8.26. The number of aryl methyl sites for hydroxylation is 2. The van der Waals surface area contributed by atoms with Crippen molar-refractivity contribution in [1.29, 1.82) is 0 Å². The third-order valence-electron chi connectivity index (χ3n) is 4.92. The van der Waals surface area contributed by atoms with Crippen LogP contribution in [0.15, 0.2) is 41.4 Å². The lowest BCUT2D eigenvalue weighted by Gasteiger charge is -2.07. The largest absolute Gasteiger partial charge is 0.462 e. The zero-order valence-electron chi connectivity index (χ0n) is 18.4. The number of carbonyl (C=O) groups excluding carboxylic acids is 2. The number of benzene rings is 2. The van der Waals surface area contributed by atoms with Crippen molar-refractivity contribution in [2.75, 3.05) is 19.8 Å². The quantitative estimate of drug-likeness (QED) is 0.389. The predicted octanol–water partition coefficient (Wildman–Crippen LogP) is 4.20. The molecule has 1 amide bonds. The smallest absolute Gasteiger partial charge is 0.338 e. The first-order valence-corrected chi connectivity index (χ1v) is 11.3. The summed E-state index contributed by atoms with van der Waals surface area (Å²) in [6.45, 7) is 9.77. The van der Waals surface area contributed by atoms with E-state index in [-0.39, 0.29) is 18.3 Å². The van der Waals surface area contributed by atoms with Gasteiger partial charge >= 0.3 is 5.97 Å².